The summed E-state index contributed by atoms with van der Waals surface area (Å²) in [6.45, 7) is 4.43. The fourth-order valence-electron chi connectivity index (χ4n) is 4.17. The van der Waals surface area contributed by atoms with Crippen molar-refractivity contribution in [1.82, 2.24) is 19.8 Å². The average molecular weight is 368 g/mol. The van der Waals surface area contributed by atoms with Gasteiger partial charge in [0.2, 0.25) is 0 Å². The van der Waals surface area contributed by atoms with E-state index in [0.29, 0.717) is 6.04 Å². The molecule has 3 aromatic rings. The van der Waals surface area contributed by atoms with E-state index in [4.69, 9.17) is 9.47 Å². The van der Waals surface area contributed by atoms with E-state index < -0.39 is 0 Å². The monoisotopic (exact) mass is 368 g/mol. The van der Waals surface area contributed by atoms with Gasteiger partial charge in [-0.25, -0.2) is 4.63 Å². The van der Waals surface area contributed by atoms with Gasteiger partial charge in [-0.2, -0.15) is 0 Å². The van der Waals surface area contributed by atoms with Crippen LogP contribution in [0.3, 0.4) is 0 Å². The minimum absolute atomic E-state index is 0.250. The second-order valence-corrected chi connectivity index (χ2v) is 7.42. The number of likely N-dealkylation sites (tertiary alicyclic amines) is 1. The molecule has 7 heteroatoms. The Balaban J connectivity index is 1.25. The molecule has 7 nitrogen and oxygen atoms in total. The quantitative estimate of drug-likeness (QED) is 0.690. The number of hydrogen-bond acceptors (Lipinski definition) is 6. The Morgan fingerprint density at radius 3 is 2.85 bits per heavy atom. The van der Waals surface area contributed by atoms with Gasteiger partial charge in [0.25, 0.3) is 0 Å². The van der Waals surface area contributed by atoms with Gasteiger partial charge in [-0.3, -0.25) is 4.90 Å². The SMILES string of the molecule is c1cc(OC2CCN(Cc3cnon3)CC2)c2ccn(C3CCOC3)c2c1. The standard InChI is InChI=1S/C20H24N4O3/c1-2-19-18(6-10-24(19)16-7-11-25-14-16)20(3-1)26-17-4-8-23(9-5-17)13-15-12-21-27-22-15/h1-3,6,10,12,16-17H,4-5,7-9,11,13-14H2. The van der Waals surface area contributed by atoms with Gasteiger partial charge >= 0.3 is 0 Å². The zero-order chi connectivity index (χ0) is 18.1. The number of nitrogens with zero attached hydrogens (tertiary/aromatic N) is 4. The molecule has 2 fully saturated rings. The normalized spacial score (nSPS) is 21.9. The molecule has 2 saturated heterocycles. The molecule has 0 saturated carbocycles. The number of ether oxygens (including phenoxy) is 2. The molecule has 0 amide bonds. The van der Waals surface area contributed by atoms with E-state index in [1.807, 2.05) is 0 Å². The molecule has 0 aliphatic carbocycles. The van der Waals surface area contributed by atoms with Crippen molar-refractivity contribution in [3.63, 3.8) is 0 Å². The first-order chi connectivity index (χ1) is 13.4. The van der Waals surface area contributed by atoms with Gasteiger partial charge in [0.1, 0.15) is 17.5 Å². The first-order valence-electron chi connectivity index (χ1n) is 9.69. The van der Waals surface area contributed by atoms with E-state index in [9.17, 15) is 0 Å². The predicted octanol–water partition coefficient (Wildman–Crippen LogP) is 3.03. The predicted molar refractivity (Wildman–Crippen MR) is 99.6 cm³/mol. The second-order valence-electron chi connectivity index (χ2n) is 7.42. The fraction of sp³-hybridized carbons (Fsp3) is 0.500. The molecule has 0 radical (unpaired) electrons. The van der Waals surface area contributed by atoms with Crippen LogP contribution in [0.25, 0.3) is 10.9 Å². The summed E-state index contributed by atoms with van der Waals surface area (Å²) in [7, 11) is 0. The second kappa shape index (κ2) is 7.32. The molecule has 4 heterocycles. The molecule has 0 bridgehead atoms. The highest BCUT2D eigenvalue weighted by molar-refractivity contribution is 5.86. The van der Waals surface area contributed by atoms with Crippen LogP contribution in [0.4, 0.5) is 0 Å². The van der Waals surface area contributed by atoms with E-state index >= 15 is 0 Å². The maximum absolute atomic E-state index is 6.41. The maximum atomic E-state index is 6.41. The van der Waals surface area contributed by atoms with E-state index in [2.05, 4.69) is 54.9 Å². The van der Waals surface area contributed by atoms with E-state index in [1.54, 1.807) is 6.20 Å². The van der Waals surface area contributed by atoms with Crippen molar-refractivity contribution in [2.75, 3.05) is 26.3 Å². The van der Waals surface area contributed by atoms with Crippen LogP contribution in [-0.4, -0.2) is 52.2 Å². The largest absolute Gasteiger partial charge is 0.490 e. The lowest BCUT2D eigenvalue weighted by molar-refractivity contribution is 0.0965. The number of benzene rings is 1. The van der Waals surface area contributed by atoms with Crippen LogP contribution in [0.5, 0.6) is 5.75 Å². The van der Waals surface area contributed by atoms with Crippen LogP contribution in [0.1, 0.15) is 31.0 Å². The zero-order valence-electron chi connectivity index (χ0n) is 15.3. The van der Waals surface area contributed by atoms with Gasteiger partial charge in [0.05, 0.1) is 24.4 Å². The lowest BCUT2D eigenvalue weighted by atomic mass is 10.1. The number of hydrogen-bond donors (Lipinski definition) is 0. The summed E-state index contributed by atoms with van der Waals surface area (Å²) in [6, 6.07) is 8.97. The number of rotatable bonds is 5. The van der Waals surface area contributed by atoms with E-state index in [1.165, 1.54) is 10.9 Å². The van der Waals surface area contributed by atoms with Gasteiger partial charge in [0, 0.05) is 37.8 Å². The Kier molecular flexibility index (Phi) is 4.55. The number of piperidine rings is 1. The summed E-state index contributed by atoms with van der Waals surface area (Å²) in [5, 5.41) is 8.76. The maximum Gasteiger partial charge on any atom is 0.129 e. The highest BCUT2D eigenvalue weighted by atomic mass is 16.6. The van der Waals surface area contributed by atoms with E-state index in [-0.39, 0.29) is 6.10 Å². The lowest BCUT2D eigenvalue weighted by Crippen LogP contribution is -2.37. The third-order valence-corrected chi connectivity index (χ3v) is 5.64. The molecule has 0 N–H and O–H groups in total. The van der Waals surface area contributed by atoms with Crippen molar-refractivity contribution >= 4 is 10.9 Å². The molecule has 5 rings (SSSR count). The van der Waals surface area contributed by atoms with Gasteiger partial charge in [-0.05, 0) is 37.5 Å². The van der Waals surface area contributed by atoms with Gasteiger partial charge in [0.15, 0.2) is 0 Å². The van der Waals surface area contributed by atoms with Crippen LogP contribution >= 0.6 is 0 Å². The van der Waals surface area contributed by atoms with Crippen molar-refractivity contribution in [2.45, 2.75) is 38.0 Å². The van der Waals surface area contributed by atoms with Crippen molar-refractivity contribution in [1.29, 1.82) is 0 Å². The van der Waals surface area contributed by atoms with E-state index in [0.717, 1.165) is 63.6 Å². The lowest BCUT2D eigenvalue weighted by Gasteiger charge is -2.31. The van der Waals surface area contributed by atoms with Gasteiger partial charge in [-0.15, -0.1) is 0 Å². The molecule has 1 atom stereocenters. The van der Waals surface area contributed by atoms with Crippen LogP contribution < -0.4 is 4.74 Å². The third kappa shape index (κ3) is 3.44. The molecular weight excluding hydrogens is 344 g/mol. The average Bonchev–Trinajstić information content (AvgIpc) is 3.45. The summed E-state index contributed by atoms with van der Waals surface area (Å²) in [4.78, 5) is 2.37. The van der Waals surface area contributed by atoms with Crippen LogP contribution in [0.2, 0.25) is 0 Å². The highest BCUT2D eigenvalue weighted by Crippen LogP contribution is 2.32. The Labute approximate surface area is 157 Å². The van der Waals surface area contributed by atoms with Crippen molar-refractivity contribution in [3.8, 4) is 5.75 Å². The fourth-order valence-corrected chi connectivity index (χ4v) is 4.17. The topological polar surface area (TPSA) is 65.5 Å². The smallest absolute Gasteiger partial charge is 0.129 e. The molecule has 142 valence electrons. The highest BCUT2D eigenvalue weighted by Gasteiger charge is 2.23. The Hall–Kier alpha value is -2.38. The van der Waals surface area contributed by atoms with Crippen molar-refractivity contribution in [2.24, 2.45) is 0 Å². The first kappa shape index (κ1) is 16.8. The summed E-state index contributed by atoms with van der Waals surface area (Å²) in [5.41, 5.74) is 2.12. The molecule has 2 aromatic heterocycles. The molecule has 27 heavy (non-hydrogen) atoms. The molecule has 2 aliphatic rings. The number of aromatic nitrogens is 3. The molecule has 2 aliphatic heterocycles. The summed E-state index contributed by atoms with van der Waals surface area (Å²) in [6.07, 6.45) is 7.21. The molecule has 1 unspecified atom stereocenters. The minimum atomic E-state index is 0.250. The minimum Gasteiger partial charge on any atom is -0.490 e. The third-order valence-electron chi connectivity index (χ3n) is 5.64. The van der Waals surface area contributed by atoms with Crippen LogP contribution in [-0.2, 0) is 11.3 Å². The molecule has 0 spiro atoms. The van der Waals surface area contributed by atoms with Crippen molar-refractivity contribution in [3.05, 3.63) is 42.4 Å². The summed E-state index contributed by atoms with van der Waals surface area (Å²) in [5.74, 6) is 0.990. The Morgan fingerprint density at radius 1 is 1.15 bits per heavy atom. The van der Waals surface area contributed by atoms with Crippen LogP contribution in [0, 0.1) is 0 Å². The number of fused-ring (bicyclic) bond motifs is 1. The molecular formula is C20H24N4O3. The van der Waals surface area contributed by atoms with Gasteiger partial charge < -0.3 is 14.0 Å². The van der Waals surface area contributed by atoms with Gasteiger partial charge in [-0.1, -0.05) is 16.4 Å². The zero-order valence-corrected chi connectivity index (χ0v) is 15.3. The summed E-state index contributed by atoms with van der Waals surface area (Å²) >= 11 is 0. The summed E-state index contributed by atoms with van der Waals surface area (Å²) < 4.78 is 19.0. The van der Waals surface area contributed by atoms with Crippen LogP contribution in [0.15, 0.2) is 41.3 Å². The van der Waals surface area contributed by atoms with Crippen molar-refractivity contribution < 1.29 is 14.1 Å². The Bertz CT molecular complexity index is 878. The first-order valence-corrected chi connectivity index (χ1v) is 9.69. The Morgan fingerprint density at radius 2 is 2.07 bits per heavy atom. The molecule has 1 aromatic carbocycles.